The molecule has 160 valence electrons. The van der Waals surface area contributed by atoms with Crippen molar-refractivity contribution in [2.75, 3.05) is 12.4 Å². The number of halogens is 1. The topological polar surface area (TPSA) is 106 Å². The molecule has 5 rings (SSSR count). The van der Waals surface area contributed by atoms with E-state index in [-0.39, 0.29) is 5.91 Å². The largest absolute Gasteiger partial charge is 0.494 e. The second kappa shape index (κ2) is 8.05. The Morgan fingerprint density at radius 3 is 2.72 bits per heavy atom. The number of nitrogens with zero attached hydrogens (tertiary/aromatic N) is 4. The van der Waals surface area contributed by atoms with Crippen LogP contribution in [0.2, 0.25) is 5.02 Å². The Balaban J connectivity index is 1.51. The van der Waals surface area contributed by atoms with Gasteiger partial charge in [0.05, 0.1) is 18.7 Å². The van der Waals surface area contributed by atoms with Crippen LogP contribution in [0.15, 0.2) is 60.9 Å². The van der Waals surface area contributed by atoms with E-state index in [0.717, 1.165) is 29.5 Å². The van der Waals surface area contributed by atoms with E-state index in [1.165, 1.54) is 0 Å². The number of rotatable bonds is 6. The fourth-order valence-electron chi connectivity index (χ4n) is 3.89. The molecule has 0 spiro atoms. The van der Waals surface area contributed by atoms with Crippen LogP contribution in [0.3, 0.4) is 0 Å². The lowest BCUT2D eigenvalue weighted by Crippen LogP contribution is -2.27. The van der Waals surface area contributed by atoms with Crippen molar-refractivity contribution in [2.24, 2.45) is 0 Å². The fourth-order valence-corrected chi connectivity index (χ4v) is 4.08. The highest BCUT2D eigenvalue weighted by atomic mass is 35.5. The smallest absolute Gasteiger partial charge is 0.235 e. The van der Waals surface area contributed by atoms with Crippen LogP contribution in [0, 0.1) is 0 Å². The molecule has 8 nitrogen and oxygen atoms in total. The first-order valence-electron chi connectivity index (χ1n) is 10.0. The highest BCUT2D eigenvalue weighted by Gasteiger charge is 2.51. The average Bonchev–Trinajstić information content (AvgIpc) is 3.46. The first-order valence-corrected chi connectivity index (χ1v) is 10.4. The number of hydrogen-bond acceptors (Lipinski definition) is 6. The molecule has 0 atom stereocenters. The van der Waals surface area contributed by atoms with Gasteiger partial charge in [-0.25, -0.2) is 0 Å². The van der Waals surface area contributed by atoms with E-state index in [1.54, 1.807) is 19.5 Å². The molecule has 0 bridgehead atoms. The highest BCUT2D eigenvalue weighted by Crippen LogP contribution is 2.49. The van der Waals surface area contributed by atoms with Crippen LogP contribution < -0.4 is 10.1 Å². The number of nitrogens with one attached hydrogen (secondary N) is 2. The van der Waals surface area contributed by atoms with Crippen LogP contribution in [-0.2, 0) is 10.2 Å². The number of methoxy groups -OCH3 is 1. The predicted octanol–water partition coefficient (Wildman–Crippen LogP) is 4.26. The number of anilines is 1. The van der Waals surface area contributed by atoms with Crippen LogP contribution in [0.1, 0.15) is 18.4 Å². The monoisotopic (exact) mass is 446 g/mol. The molecule has 0 saturated heterocycles. The van der Waals surface area contributed by atoms with Crippen LogP contribution in [-0.4, -0.2) is 38.6 Å². The number of aromatic nitrogens is 5. The third kappa shape index (κ3) is 3.58. The number of H-pyrrole nitrogens is 1. The van der Waals surface area contributed by atoms with Crippen molar-refractivity contribution in [3.8, 4) is 28.3 Å². The van der Waals surface area contributed by atoms with Gasteiger partial charge in [0.25, 0.3) is 0 Å². The van der Waals surface area contributed by atoms with Gasteiger partial charge in [-0.3, -0.25) is 9.78 Å². The average molecular weight is 447 g/mol. The van der Waals surface area contributed by atoms with Gasteiger partial charge in [-0.05, 0) is 59.5 Å². The maximum absolute atomic E-state index is 13.2. The highest BCUT2D eigenvalue weighted by molar-refractivity contribution is 6.30. The molecule has 1 aliphatic rings. The van der Waals surface area contributed by atoms with E-state index in [2.05, 4.69) is 30.9 Å². The van der Waals surface area contributed by atoms with Crippen molar-refractivity contribution in [2.45, 2.75) is 18.3 Å². The molecule has 4 aromatic rings. The van der Waals surface area contributed by atoms with Crippen LogP contribution in [0.4, 0.5) is 5.69 Å². The number of benzene rings is 2. The zero-order valence-corrected chi connectivity index (χ0v) is 17.9. The molecule has 1 amide bonds. The van der Waals surface area contributed by atoms with Gasteiger partial charge >= 0.3 is 0 Å². The van der Waals surface area contributed by atoms with Gasteiger partial charge in [0.1, 0.15) is 5.75 Å². The van der Waals surface area contributed by atoms with Gasteiger partial charge in [-0.1, -0.05) is 29.8 Å². The number of tetrazole rings is 1. The first kappa shape index (κ1) is 20.1. The molecule has 0 unspecified atom stereocenters. The quantitative estimate of drug-likeness (QED) is 0.458. The second-order valence-electron chi connectivity index (χ2n) is 7.62. The maximum Gasteiger partial charge on any atom is 0.235 e. The van der Waals surface area contributed by atoms with E-state index >= 15 is 0 Å². The molecule has 2 heterocycles. The normalized spacial score (nSPS) is 14.1. The van der Waals surface area contributed by atoms with Crippen LogP contribution in [0.5, 0.6) is 5.75 Å². The zero-order valence-electron chi connectivity index (χ0n) is 17.2. The van der Waals surface area contributed by atoms with Gasteiger partial charge < -0.3 is 10.1 Å². The Bertz CT molecular complexity index is 1290. The number of hydrogen-bond donors (Lipinski definition) is 2. The summed E-state index contributed by atoms with van der Waals surface area (Å²) in [5, 5.41) is 18.1. The predicted molar refractivity (Wildman–Crippen MR) is 120 cm³/mol. The molecule has 2 N–H and O–H groups in total. The Morgan fingerprint density at radius 2 is 2.00 bits per heavy atom. The third-order valence-corrected chi connectivity index (χ3v) is 5.96. The maximum atomic E-state index is 13.2. The molecular formula is C23H19ClN6O2. The Morgan fingerprint density at radius 1 is 1.12 bits per heavy atom. The summed E-state index contributed by atoms with van der Waals surface area (Å²) in [4.78, 5) is 17.3. The molecule has 1 saturated carbocycles. The SMILES string of the molecule is COc1cnccc1-c1ccc(NC(=O)C2(c3cccc(Cl)c3)CC2)cc1-c1nn[nH]n1. The molecule has 32 heavy (non-hydrogen) atoms. The summed E-state index contributed by atoms with van der Waals surface area (Å²) in [6.07, 6.45) is 4.90. The first-order chi connectivity index (χ1) is 15.6. The van der Waals surface area contributed by atoms with Crippen molar-refractivity contribution in [1.82, 2.24) is 25.6 Å². The number of ether oxygens (including phenoxy) is 1. The molecule has 0 radical (unpaired) electrons. The number of carbonyl (C=O) groups is 1. The number of pyridine rings is 1. The molecule has 1 aliphatic carbocycles. The van der Waals surface area contributed by atoms with Gasteiger partial charge in [-0.15, -0.1) is 10.2 Å². The summed E-state index contributed by atoms with van der Waals surface area (Å²) in [5.41, 5.74) is 3.38. The van der Waals surface area contributed by atoms with E-state index in [4.69, 9.17) is 16.3 Å². The third-order valence-electron chi connectivity index (χ3n) is 5.72. The van der Waals surface area contributed by atoms with Crippen molar-refractivity contribution in [1.29, 1.82) is 0 Å². The summed E-state index contributed by atoms with van der Waals surface area (Å²) >= 11 is 6.15. The Kier molecular flexibility index (Phi) is 5.07. The van der Waals surface area contributed by atoms with E-state index < -0.39 is 5.41 Å². The van der Waals surface area contributed by atoms with Gasteiger partial charge in [0, 0.05) is 28.0 Å². The minimum Gasteiger partial charge on any atom is -0.494 e. The minimum atomic E-state index is -0.551. The molecule has 0 aliphatic heterocycles. The van der Waals surface area contributed by atoms with E-state index in [1.807, 2.05) is 48.5 Å². The van der Waals surface area contributed by atoms with Gasteiger partial charge in [-0.2, -0.15) is 5.21 Å². The summed E-state index contributed by atoms with van der Waals surface area (Å²) in [6.45, 7) is 0. The van der Waals surface area contributed by atoms with Crippen LogP contribution in [0.25, 0.3) is 22.5 Å². The molecule has 9 heteroatoms. The van der Waals surface area contributed by atoms with Crippen molar-refractivity contribution in [3.05, 3.63) is 71.5 Å². The standard InChI is InChI=1S/C23H19ClN6O2/c1-32-20-13-25-10-7-18(20)17-6-5-16(12-19(17)21-27-29-30-28-21)26-22(31)23(8-9-23)14-3-2-4-15(24)11-14/h2-7,10-13H,8-9H2,1H3,(H,26,31)(H,27,28,29,30). The lowest BCUT2D eigenvalue weighted by atomic mass is 9.94. The minimum absolute atomic E-state index is 0.0620. The molecule has 1 fully saturated rings. The summed E-state index contributed by atoms with van der Waals surface area (Å²) in [7, 11) is 1.59. The number of aromatic amines is 1. The van der Waals surface area contributed by atoms with Crippen LogP contribution >= 0.6 is 11.6 Å². The summed E-state index contributed by atoms with van der Waals surface area (Å²) in [6, 6.07) is 14.9. The van der Waals surface area contributed by atoms with E-state index in [0.29, 0.717) is 27.8 Å². The second-order valence-corrected chi connectivity index (χ2v) is 8.05. The summed E-state index contributed by atoms with van der Waals surface area (Å²) in [5.74, 6) is 0.964. The van der Waals surface area contributed by atoms with Gasteiger partial charge in [0.15, 0.2) is 0 Å². The van der Waals surface area contributed by atoms with Gasteiger partial charge in [0.2, 0.25) is 11.7 Å². The molecule has 2 aromatic heterocycles. The fraction of sp³-hybridized carbons (Fsp3) is 0.174. The lowest BCUT2D eigenvalue weighted by molar-refractivity contribution is -0.118. The zero-order chi connectivity index (χ0) is 22.1. The van der Waals surface area contributed by atoms with E-state index in [9.17, 15) is 4.79 Å². The van der Waals surface area contributed by atoms with Crippen molar-refractivity contribution < 1.29 is 9.53 Å². The Labute approximate surface area is 189 Å². The number of amides is 1. The summed E-state index contributed by atoms with van der Waals surface area (Å²) < 4.78 is 5.47. The van der Waals surface area contributed by atoms with Crippen molar-refractivity contribution >= 4 is 23.2 Å². The Hall–Kier alpha value is -3.78. The molecular weight excluding hydrogens is 428 g/mol. The molecule has 2 aromatic carbocycles. The number of carbonyl (C=O) groups excluding carboxylic acids is 1. The van der Waals surface area contributed by atoms with Crippen molar-refractivity contribution in [3.63, 3.8) is 0 Å². The lowest BCUT2D eigenvalue weighted by Gasteiger charge is -2.17.